The van der Waals surface area contributed by atoms with Crippen LogP contribution in [0.2, 0.25) is 5.02 Å². The first kappa shape index (κ1) is 21.1. The van der Waals surface area contributed by atoms with Gasteiger partial charge in [0.15, 0.2) is 11.5 Å². The molecule has 0 bridgehead atoms. The Balaban J connectivity index is 1.88. The molecule has 1 aliphatic heterocycles. The van der Waals surface area contributed by atoms with Crippen LogP contribution >= 0.6 is 11.6 Å². The molecule has 1 aliphatic rings. The third-order valence-electron chi connectivity index (χ3n) is 4.49. The molecule has 0 saturated heterocycles. The number of hydrogen-bond donors (Lipinski definition) is 1. The number of hydrogen-bond acceptors (Lipinski definition) is 5. The molecule has 1 atom stereocenters. The number of amides is 1. The zero-order valence-electron chi connectivity index (χ0n) is 17.1. The van der Waals surface area contributed by atoms with Gasteiger partial charge < -0.3 is 24.3 Å². The summed E-state index contributed by atoms with van der Waals surface area (Å²) in [5, 5.41) is 3.22. The molecule has 29 heavy (non-hydrogen) atoms. The normalized spacial score (nSPS) is 14.7. The van der Waals surface area contributed by atoms with E-state index in [0.29, 0.717) is 46.7 Å². The lowest BCUT2D eigenvalue weighted by Gasteiger charge is -2.16. The fraction of sp³-hybridized carbons (Fsp3) is 0.409. The van der Waals surface area contributed by atoms with Crippen molar-refractivity contribution in [1.82, 2.24) is 0 Å². The first-order valence-corrected chi connectivity index (χ1v) is 10.1. The van der Waals surface area contributed by atoms with Crippen LogP contribution < -0.4 is 24.3 Å². The minimum Gasteiger partial charge on any atom is -0.493 e. The Labute approximate surface area is 176 Å². The average molecular weight is 420 g/mol. The van der Waals surface area contributed by atoms with Crippen LogP contribution in [0.15, 0.2) is 24.3 Å². The molecule has 0 spiro atoms. The van der Waals surface area contributed by atoms with Crippen LogP contribution in [-0.4, -0.2) is 32.3 Å². The third kappa shape index (κ3) is 4.70. The molecule has 1 amide bonds. The maximum Gasteiger partial charge on any atom is 0.255 e. The van der Waals surface area contributed by atoms with E-state index in [0.717, 1.165) is 24.2 Å². The maximum atomic E-state index is 12.9. The molecule has 0 aromatic heterocycles. The summed E-state index contributed by atoms with van der Waals surface area (Å²) in [7, 11) is 1.51. The summed E-state index contributed by atoms with van der Waals surface area (Å²) >= 11 is 6.34. The van der Waals surface area contributed by atoms with Gasteiger partial charge in [-0.3, -0.25) is 4.79 Å². The van der Waals surface area contributed by atoms with Gasteiger partial charge in [-0.25, -0.2) is 0 Å². The SMILES string of the molecule is CCCOc1c(Cl)cc(C(=O)Nc2cc3c(cc2OCC)CC(C)O3)cc1OC. The summed E-state index contributed by atoms with van der Waals surface area (Å²) < 4.78 is 22.5. The number of benzene rings is 2. The summed E-state index contributed by atoms with van der Waals surface area (Å²) in [6.07, 6.45) is 1.75. The van der Waals surface area contributed by atoms with Crippen LogP contribution in [0.3, 0.4) is 0 Å². The average Bonchev–Trinajstić information content (AvgIpc) is 3.05. The summed E-state index contributed by atoms with van der Waals surface area (Å²) in [4.78, 5) is 12.9. The highest BCUT2D eigenvalue weighted by atomic mass is 35.5. The zero-order valence-corrected chi connectivity index (χ0v) is 17.9. The molecule has 3 rings (SSSR count). The Morgan fingerprint density at radius 2 is 2.00 bits per heavy atom. The van der Waals surface area contributed by atoms with E-state index in [-0.39, 0.29) is 12.0 Å². The smallest absolute Gasteiger partial charge is 0.255 e. The van der Waals surface area contributed by atoms with Gasteiger partial charge in [-0.05, 0) is 38.5 Å². The number of ether oxygens (including phenoxy) is 4. The molecule has 2 aromatic carbocycles. The predicted octanol–water partition coefficient (Wildman–Crippen LogP) is 5.11. The number of carbonyl (C=O) groups excluding carboxylic acids is 1. The molecule has 2 aromatic rings. The summed E-state index contributed by atoms with van der Waals surface area (Å²) in [6, 6.07) is 6.90. The number of nitrogens with one attached hydrogen (secondary N) is 1. The second-order valence-electron chi connectivity index (χ2n) is 6.81. The van der Waals surface area contributed by atoms with Gasteiger partial charge >= 0.3 is 0 Å². The van der Waals surface area contributed by atoms with Gasteiger partial charge in [0.1, 0.15) is 17.6 Å². The molecule has 1 N–H and O–H groups in total. The minimum absolute atomic E-state index is 0.101. The van der Waals surface area contributed by atoms with Gasteiger partial charge in [-0.2, -0.15) is 0 Å². The van der Waals surface area contributed by atoms with E-state index in [1.807, 2.05) is 26.8 Å². The first-order valence-electron chi connectivity index (χ1n) is 9.74. The first-order chi connectivity index (χ1) is 14.0. The Morgan fingerprint density at radius 1 is 1.21 bits per heavy atom. The van der Waals surface area contributed by atoms with Crippen LogP contribution in [0.25, 0.3) is 0 Å². The Bertz CT molecular complexity index is 899. The van der Waals surface area contributed by atoms with Crippen LogP contribution in [-0.2, 0) is 6.42 Å². The number of rotatable bonds is 8. The van der Waals surface area contributed by atoms with Crippen molar-refractivity contribution in [3.63, 3.8) is 0 Å². The molecular formula is C22H26ClNO5. The van der Waals surface area contributed by atoms with Crippen molar-refractivity contribution >= 4 is 23.2 Å². The van der Waals surface area contributed by atoms with Crippen molar-refractivity contribution in [3.05, 3.63) is 40.4 Å². The molecule has 1 unspecified atom stereocenters. The van der Waals surface area contributed by atoms with Gasteiger partial charge in [0.25, 0.3) is 5.91 Å². The van der Waals surface area contributed by atoms with Gasteiger partial charge in [0.2, 0.25) is 0 Å². The molecule has 0 aliphatic carbocycles. The van der Waals surface area contributed by atoms with Crippen LogP contribution in [0.4, 0.5) is 5.69 Å². The molecule has 0 radical (unpaired) electrons. The largest absolute Gasteiger partial charge is 0.493 e. The highest BCUT2D eigenvalue weighted by molar-refractivity contribution is 6.32. The quantitative estimate of drug-likeness (QED) is 0.643. The number of halogens is 1. The number of fused-ring (bicyclic) bond motifs is 1. The molecule has 0 saturated carbocycles. The van der Waals surface area contributed by atoms with E-state index in [2.05, 4.69) is 5.32 Å². The fourth-order valence-corrected chi connectivity index (χ4v) is 3.47. The molecule has 7 heteroatoms. The number of methoxy groups -OCH3 is 1. The van der Waals surface area contributed by atoms with E-state index in [1.54, 1.807) is 18.2 Å². The Hall–Kier alpha value is -2.60. The lowest BCUT2D eigenvalue weighted by Crippen LogP contribution is -2.14. The Morgan fingerprint density at radius 3 is 2.69 bits per heavy atom. The van der Waals surface area contributed by atoms with Crippen molar-refractivity contribution in [2.75, 3.05) is 25.6 Å². The van der Waals surface area contributed by atoms with Gasteiger partial charge in [0, 0.05) is 23.6 Å². The van der Waals surface area contributed by atoms with Crippen LogP contribution in [0.1, 0.15) is 43.1 Å². The lowest BCUT2D eigenvalue weighted by molar-refractivity contribution is 0.102. The number of carbonyl (C=O) groups is 1. The topological polar surface area (TPSA) is 66.0 Å². The third-order valence-corrected chi connectivity index (χ3v) is 4.77. The van der Waals surface area contributed by atoms with Crippen LogP contribution in [0, 0.1) is 0 Å². The molecule has 6 nitrogen and oxygen atoms in total. The fourth-order valence-electron chi connectivity index (χ4n) is 3.20. The van der Waals surface area contributed by atoms with Crippen molar-refractivity contribution in [1.29, 1.82) is 0 Å². The lowest BCUT2D eigenvalue weighted by atomic mass is 10.1. The Kier molecular flexibility index (Phi) is 6.75. The van der Waals surface area contributed by atoms with Gasteiger partial charge in [-0.1, -0.05) is 18.5 Å². The van der Waals surface area contributed by atoms with E-state index in [9.17, 15) is 4.79 Å². The summed E-state index contributed by atoms with van der Waals surface area (Å²) in [5.74, 6) is 1.88. The predicted molar refractivity (Wildman–Crippen MR) is 113 cm³/mol. The standard InChI is InChI=1S/C22H26ClNO5/c1-5-7-28-21-16(23)9-15(11-20(21)26-4)22(25)24-17-12-18-14(8-13(3)29-18)10-19(17)27-6-2/h9-13H,5-8H2,1-4H3,(H,24,25). The molecule has 0 fully saturated rings. The highest BCUT2D eigenvalue weighted by Crippen LogP contribution is 2.39. The second-order valence-corrected chi connectivity index (χ2v) is 7.22. The van der Waals surface area contributed by atoms with Crippen molar-refractivity contribution in [2.24, 2.45) is 0 Å². The van der Waals surface area contributed by atoms with E-state index < -0.39 is 0 Å². The number of anilines is 1. The monoisotopic (exact) mass is 419 g/mol. The molecular weight excluding hydrogens is 394 g/mol. The highest BCUT2D eigenvalue weighted by Gasteiger charge is 2.23. The second kappa shape index (κ2) is 9.27. The molecule has 1 heterocycles. The minimum atomic E-state index is -0.334. The summed E-state index contributed by atoms with van der Waals surface area (Å²) in [6.45, 7) is 6.90. The van der Waals surface area contributed by atoms with Gasteiger partial charge in [0.05, 0.1) is 31.0 Å². The van der Waals surface area contributed by atoms with E-state index in [1.165, 1.54) is 7.11 Å². The van der Waals surface area contributed by atoms with Crippen molar-refractivity contribution < 1.29 is 23.7 Å². The summed E-state index contributed by atoms with van der Waals surface area (Å²) in [5.41, 5.74) is 1.97. The van der Waals surface area contributed by atoms with Gasteiger partial charge in [-0.15, -0.1) is 0 Å². The van der Waals surface area contributed by atoms with E-state index in [4.69, 9.17) is 30.5 Å². The van der Waals surface area contributed by atoms with Crippen LogP contribution in [0.5, 0.6) is 23.0 Å². The maximum absolute atomic E-state index is 12.9. The van der Waals surface area contributed by atoms with Crippen molar-refractivity contribution in [2.45, 2.75) is 39.7 Å². The van der Waals surface area contributed by atoms with E-state index >= 15 is 0 Å². The van der Waals surface area contributed by atoms with Crippen molar-refractivity contribution in [3.8, 4) is 23.0 Å². The molecule has 156 valence electrons. The zero-order chi connectivity index (χ0) is 21.0.